The third-order valence-electron chi connectivity index (χ3n) is 2.19. The molecule has 0 fully saturated rings. The molecule has 0 aromatic heterocycles. The Bertz CT molecular complexity index is 526. The summed E-state index contributed by atoms with van der Waals surface area (Å²) in [5.74, 6) is -2.48. The SMILES string of the molecule is O=C(O)c1c(C(F)(F)F)ccc(C(F)(F)F)c1[N+](=O)[O-]. The van der Waals surface area contributed by atoms with Crippen LogP contribution in [0.3, 0.4) is 0 Å². The fraction of sp³-hybridized carbons (Fsp3) is 0.222. The lowest BCUT2D eigenvalue weighted by Gasteiger charge is -2.14. The van der Waals surface area contributed by atoms with Crippen LogP contribution < -0.4 is 0 Å². The minimum absolute atomic E-state index is 0.153. The van der Waals surface area contributed by atoms with Crippen LogP contribution in [-0.2, 0) is 12.4 Å². The van der Waals surface area contributed by atoms with Crippen molar-refractivity contribution < 1.29 is 41.2 Å². The number of carbonyl (C=O) groups is 1. The molecule has 1 rings (SSSR count). The van der Waals surface area contributed by atoms with E-state index in [0.29, 0.717) is 0 Å². The van der Waals surface area contributed by atoms with E-state index in [9.17, 15) is 41.3 Å². The zero-order valence-corrected chi connectivity index (χ0v) is 9.04. The Morgan fingerprint density at radius 2 is 1.45 bits per heavy atom. The Labute approximate surface area is 105 Å². The minimum atomic E-state index is -5.36. The maximum Gasteiger partial charge on any atom is 0.423 e. The summed E-state index contributed by atoms with van der Waals surface area (Å²) in [4.78, 5) is 19.4. The average molecular weight is 303 g/mol. The normalized spacial score (nSPS) is 12.3. The standard InChI is InChI=1S/C9H3F6NO4/c10-8(11,12)3-1-2-4(9(13,14)15)6(16(19)20)5(3)7(17)18/h1-2H,(H,17,18). The van der Waals surface area contributed by atoms with Gasteiger partial charge in [-0.05, 0) is 12.1 Å². The van der Waals surface area contributed by atoms with Crippen LogP contribution in [0.2, 0.25) is 0 Å². The molecule has 0 bridgehead atoms. The van der Waals surface area contributed by atoms with E-state index >= 15 is 0 Å². The van der Waals surface area contributed by atoms with Gasteiger partial charge in [-0.15, -0.1) is 0 Å². The summed E-state index contributed by atoms with van der Waals surface area (Å²) in [5, 5.41) is 19.1. The molecule has 1 aromatic rings. The molecule has 0 unspecified atom stereocenters. The van der Waals surface area contributed by atoms with E-state index in [2.05, 4.69) is 0 Å². The number of carboxylic acids is 1. The van der Waals surface area contributed by atoms with Gasteiger partial charge in [0.2, 0.25) is 0 Å². The van der Waals surface area contributed by atoms with E-state index in [0.717, 1.165) is 0 Å². The van der Waals surface area contributed by atoms with Crippen molar-refractivity contribution in [1.29, 1.82) is 0 Å². The summed E-state index contributed by atoms with van der Waals surface area (Å²) in [5.41, 5.74) is -8.27. The first-order valence-electron chi connectivity index (χ1n) is 4.56. The van der Waals surface area contributed by atoms with Crippen LogP contribution in [0.15, 0.2) is 12.1 Å². The van der Waals surface area contributed by atoms with Crippen molar-refractivity contribution >= 4 is 11.7 Å². The van der Waals surface area contributed by atoms with Crippen LogP contribution in [0.1, 0.15) is 21.5 Å². The molecule has 0 saturated carbocycles. The van der Waals surface area contributed by atoms with Crippen molar-refractivity contribution in [3.8, 4) is 0 Å². The molecule has 110 valence electrons. The number of alkyl halides is 6. The maximum atomic E-state index is 12.5. The second kappa shape index (κ2) is 4.65. The molecule has 0 heterocycles. The summed E-state index contributed by atoms with van der Waals surface area (Å²) < 4.78 is 75.0. The highest BCUT2D eigenvalue weighted by atomic mass is 19.4. The van der Waals surface area contributed by atoms with E-state index in [4.69, 9.17) is 5.11 Å². The van der Waals surface area contributed by atoms with Gasteiger partial charge >= 0.3 is 18.3 Å². The molecule has 0 atom stereocenters. The Balaban J connectivity index is 3.88. The average Bonchev–Trinajstić information content (AvgIpc) is 2.24. The summed E-state index contributed by atoms with van der Waals surface area (Å²) in [6.07, 6.45) is -10.7. The van der Waals surface area contributed by atoms with Crippen LogP contribution in [0, 0.1) is 10.1 Å². The second-order valence-corrected chi connectivity index (χ2v) is 3.44. The quantitative estimate of drug-likeness (QED) is 0.516. The summed E-state index contributed by atoms with van der Waals surface area (Å²) >= 11 is 0. The van der Waals surface area contributed by atoms with Gasteiger partial charge in [0.05, 0.1) is 10.5 Å². The molecule has 0 saturated heterocycles. The number of aromatic carboxylic acids is 1. The van der Waals surface area contributed by atoms with Crippen LogP contribution >= 0.6 is 0 Å². The topological polar surface area (TPSA) is 80.4 Å². The number of nitrogens with zero attached hydrogens (tertiary/aromatic N) is 1. The van der Waals surface area contributed by atoms with Crippen LogP contribution in [0.5, 0.6) is 0 Å². The van der Waals surface area contributed by atoms with Gasteiger partial charge < -0.3 is 5.11 Å². The Morgan fingerprint density at radius 1 is 1.05 bits per heavy atom. The number of rotatable bonds is 2. The van der Waals surface area contributed by atoms with Crippen LogP contribution in [-0.4, -0.2) is 16.0 Å². The van der Waals surface area contributed by atoms with E-state index < -0.39 is 45.6 Å². The monoisotopic (exact) mass is 303 g/mol. The fourth-order valence-corrected chi connectivity index (χ4v) is 1.46. The van der Waals surface area contributed by atoms with Crippen molar-refractivity contribution in [2.75, 3.05) is 0 Å². The highest BCUT2D eigenvalue weighted by molar-refractivity contribution is 5.95. The van der Waals surface area contributed by atoms with Crippen LogP contribution in [0.4, 0.5) is 32.0 Å². The molecule has 1 aromatic carbocycles. The van der Waals surface area contributed by atoms with Gasteiger partial charge in [-0.3, -0.25) is 10.1 Å². The summed E-state index contributed by atoms with van der Waals surface area (Å²) in [7, 11) is 0. The first kappa shape index (κ1) is 15.7. The molecule has 5 nitrogen and oxygen atoms in total. The maximum absolute atomic E-state index is 12.5. The van der Waals surface area contributed by atoms with E-state index in [1.165, 1.54) is 0 Å². The van der Waals surface area contributed by atoms with E-state index in [1.54, 1.807) is 0 Å². The van der Waals surface area contributed by atoms with E-state index in [-0.39, 0.29) is 12.1 Å². The second-order valence-electron chi connectivity index (χ2n) is 3.44. The number of hydrogen-bond acceptors (Lipinski definition) is 3. The fourth-order valence-electron chi connectivity index (χ4n) is 1.46. The van der Waals surface area contributed by atoms with Crippen molar-refractivity contribution in [1.82, 2.24) is 0 Å². The van der Waals surface area contributed by atoms with E-state index in [1.807, 2.05) is 0 Å². The number of hydrogen-bond donors (Lipinski definition) is 1. The molecular formula is C9H3F6NO4. The summed E-state index contributed by atoms with van der Waals surface area (Å²) in [6.45, 7) is 0. The molecule has 1 N–H and O–H groups in total. The van der Waals surface area contributed by atoms with Crippen molar-refractivity contribution in [2.24, 2.45) is 0 Å². The Kier molecular flexibility index (Phi) is 3.66. The van der Waals surface area contributed by atoms with Gasteiger partial charge in [0.15, 0.2) is 0 Å². The van der Waals surface area contributed by atoms with Crippen molar-refractivity contribution in [3.05, 3.63) is 38.9 Å². The first-order chi connectivity index (χ1) is 8.87. The smallest absolute Gasteiger partial charge is 0.423 e. The number of halogens is 6. The molecule has 0 aliphatic heterocycles. The molecule has 0 amide bonds. The number of nitro benzene ring substituents is 1. The lowest BCUT2D eigenvalue weighted by Crippen LogP contribution is -2.19. The summed E-state index contributed by atoms with van der Waals surface area (Å²) in [6, 6.07) is -0.327. The largest absolute Gasteiger partial charge is 0.477 e. The van der Waals surface area contributed by atoms with Gasteiger partial charge in [0, 0.05) is 0 Å². The highest BCUT2D eigenvalue weighted by Gasteiger charge is 2.46. The zero-order chi connectivity index (χ0) is 15.9. The lowest BCUT2D eigenvalue weighted by atomic mass is 10.00. The third kappa shape index (κ3) is 2.81. The number of benzene rings is 1. The number of nitro groups is 1. The lowest BCUT2D eigenvalue weighted by molar-refractivity contribution is -0.388. The zero-order valence-electron chi connectivity index (χ0n) is 9.04. The molecule has 11 heteroatoms. The van der Waals surface area contributed by atoms with Gasteiger partial charge in [-0.1, -0.05) is 0 Å². The van der Waals surface area contributed by atoms with Gasteiger partial charge in [0.25, 0.3) is 5.69 Å². The molecule has 20 heavy (non-hydrogen) atoms. The molecule has 0 aliphatic carbocycles. The van der Waals surface area contributed by atoms with Crippen molar-refractivity contribution in [2.45, 2.75) is 12.4 Å². The van der Waals surface area contributed by atoms with Crippen molar-refractivity contribution in [3.63, 3.8) is 0 Å². The predicted octanol–water partition coefficient (Wildman–Crippen LogP) is 3.33. The molecule has 0 spiro atoms. The van der Waals surface area contributed by atoms with Crippen LogP contribution in [0.25, 0.3) is 0 Å². The predicted molar refractivity (Wildman–Crippen MR) is 50.1 cm³/mol. The Hall–Kier alpha value is -2.33. The highest BCUT2D eigenvalue weighted by Crippen LogP contribution is 2.43. The van der Waals surface area contributed by atoms with Gasteiger partial charge in [0.1, 0.15) is 11.1 Å². The minimum Gasteiger partial charge on any atom is -0.477 e. The molecular weight excluding hydrogens is 300 g/mol. The molecule has 0 radical (unpaired) electrons. The number of carboxylic acid groups (broad SMARTS) is 1. The molecule has 0 aliphatic rings. The first-order valence-corrected chi connectivity index (χ1v) is 4.56. The van der Waals surface area contributed by atoms with Gasteiger partial charge in [-0.25, -0.2) is 4.79 Å². The third-order valence-corrected chi connectivity index (χ3v) is 2.19. The van der Waals surface area contributed by atoms with Gasteiger partial charge in [-0.2, -0.15) is 26.3 Å². The Morgan fingerprint density at radius 3 is 1.75 bits per heavy atom.